The van der Waals surface area contributed by atoms with Crippen LogP contribution in [0.25, 0.3) is 0 Å². The van der Waals surface area contributed by atoms with E-state index in [0.29, 0.717) is 5.92 Å². The highest BCUT2D eigenvalue weighted by molar-refractivity contribution is 5.32. The lowest BCUT2D eigenvalue weighted by Crippen LogP contribution is -2.38. The summed E-state index contributed by atoms with van der Waals surface area (Å²) in [6.45, 7) is 6.20. The summed E-state index contributed by atoms with van der Waals surface area (Å²) < 4.78 is 5.43. The number of rotatable bonds is 5. The Hall–Kier alpha value is -0.860. The molecular weight excluding hydrogens is 222 g/mol. The molecule has 1 aromatic carbocycles. The maximum absolute atomic E-state index is 5.43. The van der Waals surface area contributed by atoms with E-state index < -0.39 is 0 Å². The van der Waals surface area contributed by atoms with Crippen LogP contribution in [0.3, 0.4) is 0 Å². The Morgan fingerprint density at radius 3 is 2.89 bits per heavy atom. The van der Waals surface area contributed by atoms with Crippen LogP contribution in [-0.4, -0.2) is 25.8 Å². The predicted octanol–water partition coefficient (Wildman–Crippen LogP) is 3.12. The smallest absolute Gasteiger partial charge is 0.0746 e. The fourth-order valence-electron chi connectivity index (χ4n) is 2.69. The van der Waals surface area contributed by atoms with E-state index in [4.69, 9.17) is 4.74 Å². The average Bonchev–Trinajstić information content (AvgIpc) is 2.39. The zero-order chi connectivity index (χ0) is 13.0. The third kappa shape index (κ3) is 3.33. The molecule has 0 saturated carbocycles. The molecule has 0 fully saturated rings. The molecule has 2 nitrogen and oxygen atoms in total. The molecule has 1 aliphatic rings. The summed E-state index contributed by atoms with van der Waals surface area (Å²) in [5, 5.41) is 3.56. The number of aryl methyl sites for hydroxylation is 1. The van der Waals surface area contributed by atoms with E-state index in [-0.39, 0.29) is 5.60 Å². The third-order valence-corrected chi connectivity index (χ3v) is 3.99. The van der Waals surface area contributed by atoms with Gasteiger partial charge in [0, 0.05) is 20.2 Å². The van der Waals surface area contributed by atoms with Gasteiger partial charge in [-0.1, -0.05) is 24.3 Å². The third-order valence-electron chi connectivity index (χ3n) is 3.99. The molecule has 0 bridgehead atoms. The fourth-order valence-corrected chi connectivity index (χ4v) is 2.69. The standard InChI is InChI=1S/C16H25NO/c1-16(2,18-3)12-17-11-14-9-6-8-13-7-4-5-10-15(13)14/h4-5,7,10,14,17H,6,8-9,11-12H2,1-3H3. The predicted molar refractivity (Wildman–Crippen MR) is 76.1 cm³/mol. The van der Waals surface area contributed by atoms with Crippen molar-refractivity contribution in [1.29, 1.82) is 0 Å². The van der Waals surface area contributed by atoms with Crippen LogP contribution in [-0.2, 0) is 11.2 Å². The van der Waals surface area contributed by atoms with Crippen LogP contribution in [0.1, 0.15) is 43.7 Å². The molecule has 2 heteroatoms. The minimum atomic E-state index is -0.0752. The molecule has 1 atom stereocenters. The van der Waals surface area contributed by atoms with Crippen LogP contribution in [0, 0.1) is 0 Å². The Balaban J connectivity index is 1.92. The molecule has 100 valence electrons. The van der Waals surface area contributed by atoms with Crippen molar-refractivity contribution in [2.24, 2.45) is 0 Å². The largest absolute Gasteiger partial charge is 0.377 e. The Bertz CT molecular complexity index is 386. The van der Waals surface area contributed by atoms with Crippen LogP contribution in [0.15, 0.2) is 24.3 Å². The molecule has 0 saturated heterocycles. The molecule has 1 aromatic rings. The van der Waals surface area contributed by atoms with Crippen molar-refractivity contribution >= 4 is 0 Å². The van der Waals surface area contributed by atoms with E-state index in [1.54, 1.807) is 18.2 Å². The Morgan fingerprint density at radius 2 is 2.11 bits per heavy atom. The minimum Gasteiger partial charge on any atom is -0.377 e. The van der Waals surface area contributed by atoms with Crippen molar-refractivity contribution in [3.05, 3.63) is 35.4 Å². The number of hydrogen-bond acceptors (Lipinski definition) is 2. The number of ether oxygens (including phenoxy) is 1. The van der Waals surface area contributed by atoms with Crippen molar-refractivity contribution in [1.82, 2.24) is 5.32 Å². The van der Waals surface area contributed by atoms with Gasteiger partial charge in [0.2, 0.25) is 0 Å². The molecule has 0 spiro atoms. The van der Waals surface area contributed by atoms with Gasteiger partial charge in [-0.3, -0.25) is 0 Å². The van der Waals surface area contributed by atoms with Crippen LogP contribution in [0.2, 0.25) is 0 Å². The van der Waals surface area contributed by atoms with Crippen molar-refractivity contribution < 1.29 is 4.74 Å². The van der Waals surface area contributed by atoms with Crippen molar-refractivity contribution in [2.75, 3.05) is 20.2 Å². The number of nitrogens with one attached hydrogen (secondary N) is 1. The summed E-state index contributed by atoms with van der Waals surface area (Å²) in [5.41, 5.74) is 3.02. The number of benzene rings is 1. The molecule has 18 heavy (non-hydrogen) atoms. The van der Waals surface area contributed by atoms with Gasteiger partial charge < -0.3 is 10.1 Å². The Labute approximate surface area is 111 Å². The second-order valence-electron chi connectivity index (χ2n) is 5.88. The zero-order valence-electron chi connectivity index (χ0n) is 11.8. The Morgan fingerprint density at radius 1 is 1.33 bits per heavy atom. The van der Waals surface area contributed by atoms with E-state index in [1.165, 1.54) is 19.3 Å². The molecule has 0 aliphatic heterocycles. The highest BCUT2D eigenvalue weighted by Crippen LogP contribution is 2.30. The summed E-state index contributed by atoms with van der Waals surface area (Å²) in [6.07, 6.45) is 3.87. The summed E-state index contributed by atoms with van der Waals surface area (Å²) in [4.78, 5) is 0. The molecule has 2 rings (SSSR count). The maximum atomic E-state index is 5.43. The van der Waals surface area contributed by atoms with Gasteiger partial charge in [0.15, 0.2) is 0 Å². The van der Waals surface area contributed by atoms with Gasteiger partial charge in [-0.05, 0) is 50.2 Å². The first-order chi connectivity index (χ1) is 8.62. The van der Waals surface area contributed by atoms with Gasteiger partial charge in [-0.15, -0.1) is 0 Å². The molecule has 0 radical (unpaired) electrons. The Kier molecular flexibility index (Phi) is 4.41. The van der Waals surface area contributed by atoms with Crippen molar-refractivity contribution in [3.8, 4) is 0 Å². The topological polar surface area (TPSA) is 21.3 Å². The monoisotopic (exact) mass is 247 g/mol. The van der Waals surface area contributed by atoms with Gasteiger partial charge in [0.25, 0.3) is 0 Å². The first-order valence-corrected chi connectivity index (χ1v) is 6.96. The maximum Gasteiger partial charge on any atom is 0.0746 e. The van der Waals surface area contributed by atoms with Crippen LogP contribution in [0.4, 0.5) is 0 Å². The molecule has 1 aliphatic carbocycles. The molecular formula is C16H25NO. The summed E-state index contributed by atoms with van der Waals surface area (Å²) in [7, 11) is 1.78. The second-order valence-corrected chi connectivity index (χ2v) is 5.88. The molecule has 0 amide bonds. The lowest BCUT2D eigenvalue weighted by atomic mass is 9.83. The highest BCUT2D eigenvalue weighted by atomic mass is 16.5. The van der Waals surface area contributed by atoms with Gasteiger partial charge in [0.1, 0.15) is 0 Å². The lowest BCUT2D eigenvalue weighted by Gasteiger charge is -2.28. The fraction of sp³-hybridized carbons (Fsp3) is 0.625. The molecule has 1 unspecified atom stereocenters. The molecule has 1 N–H and O–H groups in total. The minimum absolute atomic E-state index is 0.0752. The van der Waals surface area contributed by atoms with E-state index in [0.717, 1.165) is 13.1 Å². The van der Waals surface area contributed by atoms with Crippen LogP contribution >= 0.6 is 0 Å². The normalized spacial score (nSPS) is 19.6. The molecule has 0 aromatic heterocycles. The molecule has 0 heterocycles. The van der Waals surface area contributed by atoms with E-state index in [1.807, 2.05) is 0 Å². The van der Waals surface area contributed by atoms with E-state index in [2.05, 4.69) is 43.4 Å². The van der Waals surface area contributed by atoms with E-state index >= 15 is 0 Å². The van der Waals surface area contributed by atoms with Gasteiger partial charge >= 0.3 is 0 Å². The van der Waals surface area contributed by atoms with Gasteiger partial charge in [0.05, 0.1) is 5.60 Å². The number of methoxy groups -OCH3 is 1. The zero-order valence-corrected chi connectivity index (χ0v) is 11.8. The summed E-state index contributed by atoms with van der Waals surface area (Å²) >= 11 is 0. The first kappa shape index (κ1) is 13.6. The lowest BCUT2D eigenvalue weighted by molar-refractivity contribution is 0.0231. The number of hydrogen-bond donors (Lipinski definition) is 1. The highest BCUT2D eigenvalue weighted by Gasteiger charge is 2.21. The summed E-state index contributed by atoms with van der Waals surface area (Å²) in [6, 6.07) is 8.89. The average molecular weight is 247 g/mol. The second kappa shape index (κ2) is 5.85. The number of fused-ring (bicyclic) bond motifs is 1. The van der Waals surface area contributed by atoms with Crippen LogP contribution < -0.4 is 5.32 Å². The van der Waals surface area contributed by atoms with E-state index in [9.17, 15) is 0 Å². The van der Waals surface area contributed by atoms with Crippen molar-refractivity contribution in [3.63, 3.8) is 0 Å². The van der Waals surface area contributed by atoms with Gasteiger partial charge in [-0.25, -0.2) is 0 Å². The SMILES string of the molecule is COC(C)(C)CNCC1CCCc2ccccc21. The van der Waals surface area contributed by atoms with Crippen LogP contribution in [0.5, 0.6) is 0 Å². The summed E-state index contributed by atoms with van der Waals surface area (Å²) in [5.74, 6) is 0.669. The quantitative estimate of drug-likeness (QED) is 0.863. The van der Waals surface area contributed by atoms with Gasteiger partial charge in [-0.2, -0.15) is 0 Å². The first-order valence-electron chi connectivity index (χ1n) is 6.96. The van der Waals surface area contributed by atoms with Crippen molar-refractivity contribution in [2.45, 2.75) is 44.6 Å².